The number of rotatable bonds is 6. The number of nitrogens with zero attached hydrogens (tertiary/aromatic N) is 4. The monoisotopic (exact) mass is 554 g/mol. The summed E-state index contributed by atoms with van der Waals surface area (Å²) in [4.78, 5) is 44.3. The molecule has 0 radical (unpaired) electrons. The number of esters is 1. The summed E-state index contributed by atoms with van der Waals surface area (Å²) in [7, 11) is 0. The van der Waals surface area contributed by atoms with Gasteiger partial charge in [-0.3, -0.25) is 4.79 Å². The normalized spacial score (nSPS) is 16.7. The molecule has 0 saturated carbocycles. The van der Waals surface area contributed by atoms with Crippen LogP contribution in [0.15, 0.2) is 61.4 Å². The molecule has 0 saturated heterocycles. The minimum Gasteiger partial charge on any atom is -0.477 e. The van der Waals surface area contributed by atoms with Gasteiger partial charge in [-0.25, -0.2) is 14.6 Å². The molecule has 2 aromatic heterocycles. The van der Waals surface area contributed by atoms with Crippen LogP contribution in [-0.4, -0.2) is 49.1 Å². The van der Waals surface area contributed by atoms with Gasteiger partial charge < -0.3 is 20.9 Å². The number of carbonyl (C=O) groups is 3. The van der Waals surface area contributed by atoms with Gasteiger partial charge >= 0.3 is 11.9 Å². The fourth-order valence-electron chi connectivity index (χ4n) is 5.37. The predicted molar refractivity (Wildman–Crippen MR) is 150 cm³/mol. The quantitative estimate of drug-likeness (QED) is 0.239. The molecule has 1 unspecified atom stereocenters. The molecule has 6 rings (SSSR count). The third kappa shape index (κ3) is 5.57. The number of nitrogens with two attached hydrogens (primary N) is 1. The fourth-order valence-corrected chi connectivity index (χ4v) is 5.37. The molecule has 11 heteroatoms. The molecule has 2 aliphatic carbocycles. The smallest absolute Gasteiger partial charge is 0.354 e. The highest BCUT2D eigenvalue weighted by atomic mass is 16.5. The molecule has 1 amide bonds. The number of carboxylic acids is 1. The Bertz CT molecular complexity index is 1660. The van der Waals surface area contributed by atoms with E-state index in [9.17, 15) is 19.5 Å². The molecule has 4 aromatic rings. The van der Waals surface area contributed by atoms with Crippen molar-refractivity contribution in [3.05, 3.63) is 106 Å². The predicted octanol–water partition coefficient (Wildman–Crippen LogP) is 3.52. The summed E-state index contributed by atoms with van der Waals surface area (Å²) in [5.74, 6) is -2.16. The lowest BCUT2D eigenvalue weighted by Gasteiger charge is -2.16. The van der Waals surface area contributed by atoms with Gasteiger partial charge in [0.2, 0.25) is 0 Å². The number of fused-ring (bicyclic) bond motifs is 3. The van der Waals surface area contributed by atoms with Gasteiger partial charge in [0.25, 0.3) is 11.7 Å². The van der Waals surface area contributed by atoms with Crippen molar-refractivity contribution in [1.29, 1.82) is 0 Å². The van der Waals surface area contributed by atoms with E-state index >= 15 is 0 Å². The zero-order valence-corrected chi connectivity index (χ0v) is 22.5. The maximum atomic E-state index is 13.0. The zero-order chi connectivity index (χ0) is 29.1. The summed E-state index contributed by atoms with van der Waals surface area (Å²) in [5, 5.41) is 16.2. The lowest BCUT2D eigenvalue weighted by Crippen LogP contribution is -2.29. The number of nitrogens with one attached hydrogen (secondary N) is 1. The molecule has 2 aromatic carbocycles. The summed E-state index contributed by atoms with van der Waals surface area (Å²) in [6, 6.07) is 13.1. The summed E-state index contributed by atoms with van der Waals surface area (Å²) in [6.07, 6.45) is 6.32. The second-order valence-electron chi connectivity index (χ2n) is 9.91. The number of aromatic carboxylic acids is 1. The van der Waals surface area contributed by atoms with Crippen LogP contribution < -0.4 is 11.1 Å². The minimum atomic E-state index is -1.27. The summed E-state index contributed by atoms with van der Waals surface area (Å²) in [5.41, 5.74) is 11.6. The average Bonchev–Trinajstić information content (AvgIpc) is 3.71. The number of ether oxygens (including phenoxy) is 1. The van der Waals surface area contributed by atoms with Crippen LogP contribution in [0.4, 0.5) is 0 Å². The van der Waals surface area contributed by atoms with Gasteiger partial charge in [0.1, 0.15) is 18.6 Å². The van der Waals surface area contributed by atoms with E-state index in [-0.39, 0.29) is 29.8 Å². The van der Waals surface area contributed by atoms with Crippen LogP contribution >= 0.6 is 0 Å². The first-order valence-electron chi connectivity index (χ1n) is 13.3. The van der Waals surface area contributed by atoms with Crippen LogP contribution in [0.2, 0.25) is 0 Å². The van der Waals surface area contributed by atoms with E-state index in [2.05, 4.69) is 51.2 Å². The second-order valence-corrected chi connectivity index (χ2v) is 9.91. The number of benzene rings is 2. The highest BCUT2D eigenvalue weighted by Crippen LogP contribution is 2.35. The van der Waals surface area contributed by atoms with E-state index in [0.29, 0.717) is 24.4 Å². The van der Waals surface area contributed by atoms with E-state index < -0.39 is 17.8 Å². The highest BCUT2D eigenvalue weighted by molar-refractivity contribution is 5.96. The Kier molecular flexibility index (Phi) is 7.88. The Morgan fingerprint density at radius 2 is 1.98 bits per heavy atom. The van der Waals surface area contributed by atoms with Crippen LogP contribution in [-0.2, 0) is 17.6 Å². The summed E-state index contributed by atoms with van der Waals surface area (Å²) >= 11 is 0. The molecular weight excluding hydrogens is 524 g/mol. The number of hydrogen-bond acceptors (Lipinski definition) is 8. The van der Waals surface area contributed by atoms with Crippen LogP contribution in [0, 0.1) is 6.92 Å². The first-order valence-corrected chi connectivity index (χ1v) is 13.3. The van der Waals surface area contributed by atoms with Gasteiger partial charge in [-0.15, -0.1) is 0 Å². The van der Waals surface area contributed by atoms with E-state index in [4.69, 9.17) is 10.5 Å². The maximum absolute atomic E-state index is 13.0. The third-order valence-corrected chi connectivity index (χ3v) is 7.43. The van der Waals surface area contributed by atoms with Crippen molar-refractivity contribution < 1.29 is 24.2 Å². The van der Waals surface area contributed by atoms with Crippen LogP contribution in [0.1, 0.15) is 84.1 Å². The Morgan fingerprint density at radius 1 is 1.17 bits per heavy atom. The largest absolute Gasteiger partial charge is 0.477 e. The molecule has 2 aliphatic rings. The first-order chi connectivity index (χ1) is 19.8. The Labute approximate surface area is 236 Å². The molecule has 41 heavy (non-hydrogen) atoms. The highest BCUT2D eigenvalue weighted by Gasteiger charge is 2.29. The standard InChI is InChI=1S/C21H19N5O5.C9H11N/c1-3-8-31-20(30)13-4-5-14-12(11(13)2)6-7-15(14)24-18(27)17-9-16(19(28)29)25-21-22-10-23-26(17)21;10-9-6-5-7-3-1-2-4-8(7)9/h3-5,9-10,15H,1,6-8H2,2H3,(H,24,27)(H,28,29);1-4,9H,5-6,10H2/t15-;/m0./s1. The number of amides is 1. The van der Waals surface area contributed by atoms with Crippen molar-refractivity contribution in [2.45, 2.75) is 44.7 Å². The number of aromatic nitrogens is 4. The minimum absolute atomic E-state index is 0.0229. The molecule has 2 heterocycles. The van der Waals surface area contributed by atoms with Gasteiger partial charge in [0.05, 0.1) is 11.6 Å². The summed E-state index contributed by atoms with van der Waals surface area (Å²) < 4.78 is 6.33. The van der Waals surface area contributed by atoms with Crippen molar-refractivity contribution >= 4 is 23.6 Å². The lowest BCUT2D eigenvalue weighted by molar-refractivity contribution is 0.0548. The van der Waals surface area contributed by atoms with E-state index in [0.717, 1.165) is 29.5 Å². The molecule has 11 nitrogen and oxygen atoms in total. The number of hydrogen-bond donors (Lipinski definition) is 3. The molecule has 2 atom stereocenters. The SMILES string of the molecule is C=CCOC(=O)c1ccc2c(c1C)CC[C@@H]2NC(=O)c1cc(C(=O)O)nc2ncnn12.NC1CCc2ccccc21. The molecule has 0 fully saturated rings. The van der Waals surface area contributed by atoms with Crippen LogP contribution in [0.3, 0.4) is 0 Å². The third-order valence-electron chi connectivity index (χ3n) is 7.43. The van der Waals surface area contributed by atoms with Crippen molar-refractivity contribution in [2.24, 2.45) is 5.73 Å². The summed E-state index contributed by atoms with van der Waals surface area (Å²) in [6.45, 7) is 5.53. The maximum Gasteiger partial charge on any atom is 0.354 e. The van der Waals surface area contributed by atoms with E-state index in [1.54, 1.807) is 6.07 Å². The first kappa shape index (κ1) is 27.7. The molecule has 0 spiro atoms. The molecule has 210 valence electrons. The molecular formula is C30H30N6O5. The van der Waals surface area contributed by atoms with Gasteiger partial charge in [0.15, 0.2) is 5.69 Å². The molecule has 0 aliphatic heterocycles. The zero-order valence-electron chi connectivity index (χ0n) is 22.5. The Hall–Kier alpha value is -4.90. The van der Waals surface area contributed by atoms with Gasteiger partial charge in [-0.2, -0.15) is 14.6 Å². The van der Waals surface area contributed by atoms with Gasteiger partial charge in [-0.1, -0.05) is 43.0 Å². The second kappa shape index (κ2) is 11.7. The van der Waals surface area contributed by atoms with Gasteiger partial charge in [0, 0.05) is 12.1 Å². The van der Waals surface area contributed by atoms with Crippen molar-refractivity contribution in [3.8, 4) is 0 Å². The Balaban J connectivity index is 0.000000282. The number of carbonyl (C=O) groups excluding carboxylic acids is 2. The average molecular weight is 555 g/mol. The van der Waals surface area contributed by atoms with E-state index in [1.165, 1.54) is 34.1 Å². The van der Waals surface area contributed by atoms with E-state index in [1.807, 2.05) is 13.0 Å². The van der Waals surface area contributed by atoms with Crippen LogP contribution in [0.5, 0.6) is 0 Å². The lowest BCUT2D eigenvalue weighted by atomic mass is 9.98. The molecule has 0 bridgehead atoms. The Morgan fingerprint density at radius 3 is 2.73 bits per heavy atom. The number of aryl methyl sites for hydroxylation is 1. The van der Waals surface area contributed by atoms with Crippen LogP contribution in [0.25, 0.3) is 5.78 Å². The molecule has 4 N–H and O–H groups in total. The van der Waals surface area contributed by atoms with Crippen molar-refractivity contribution in [1.82, 2.24) is 24.9 Å². The van der Waals surface area contributed by atoms with Gasteiger partial charge in [-0.05, 0) is 66.5 Å². The van der Waals surface area contributed by atoms with Crippen molar-refractivity contribution in [3.63, 3.8) is 0 Å². The number of carboxylic acid groups (broad SMARTS) is 1. The fraction of sp³-hybridized carbons (Fsp3) is 0.267. The van der Waals surface area contributed by atoms with Crippen molar-refractivity contribution in [2.75, 3.05) is 6.61 Å². The topological polar surface area (TPSA) is 162 Å².